The van der Waals surface area contributed by atoms with E-state index in [2.05, 4.69) is 17.4 Å². The molecule has 0 saturated carbocycles. The van der Waals surface area contributed by atoms with Crippen molar-refractivity contribution in [1.29, 1.82) is 0 Å². The minimum absolute atomic E-state index is 0.519. The first-order valence-electron chi connectivity index (χ1n) is 6.44. The first kappa shape index (κ1) is 14.1. The zero-order chi connectivity index (χ0) is 13.5. The van der Waals surface area contributed by atoms with Gasteiger partial charge in [0.25, 0.3) is 0 Å². The standard InChI is InChI=1S/C16H18ClNO/c17-15-8-4-7-14(11-15)16(19)12-18-10-9-13-5-2-1-3-6-13/h1-8,11,16,18-19H,9-10,12H2/t16-/m0/s1. The van der Waals surface area contributed by atoms with Crippen LogP contribution in [0.4, 0.5) is 0 Å². The van der Waals surface area contributed by atoms with Gasteiger partial charge in [-0.05, 0) is 36.2 Å². The van der Waals surface area contributed by atoms with Gasteiger partial charge in [-0.15, -0.1) is 0 Å². The van der Waals surface area contributed by atoms with Gasteiger partial charge in [-0.25, -0.2) is 0 Å². The summed E-state index contributed by atoms with van der Waals surface area (Å²) in [6.45, 7) is 1.38. The highest BCUT2D eigenvalue weighted by atomic mass is 35.5. The van der Waals surface area contributed by atoms with Crippen LogP contribution < -0.4 is 5.32 Å². The van der Waals surface area contributed by atoms with E-state index >= 15 is 0 Å². The van der Waals surface area contributed by atoms with E-state index in [9.17, 15) is 5.11 Å². The number of benzene rings is 2. The number of rotatable bonds is 6. The average Bonchev–Trinajstić information content (AvgIpc) is 2.44. The lowest BCUT2D eigenvalue weighted by Gasteiger charge is -2.12. The Morgan fingerprint density at radius 3 is 2.58 bits per heavy atom. The third-order valence-electron chi connectivity index (χ3n) is 3.00. The van der Waals surface area contributed by atoms with E-state index in [0.29, 0.717) is 11.6 Å². The Kier molecular flexibility index (Phi) is 5.40. The summed E-state index contributed by atoms with van der Waals surface area (Å²) in [5, 5.41) is 13.9. The fraction of sp³-hybridized carbons (Fsp3) is 0.250. The molecule has 0 saturated heterocycles. The van der Waals surface area contributed by atoms with Gasteiger partial charge in [-0.3, -0.25) is 0 Å². The fourth-order valence-electron chi connectivity index (χ4n) is 1.95. The number of aliphatic hydroxyl groups is 1. The summed E-state index contributed by atoms with van der Waals surface area (Å²) in [4.78, 5) is 0. The molecule has 100 valence electrons. The Morgan fingerprint density at radius 1 is 1.05 bits per heavy atom. The van der Waals surface area contributed by atoms with Gasteiger partial charge in [0, 0.05) is 11.6 Å². The van der Waals surface area contributed by atoms with Crippen molar-refractivity contribution >= 4 is 11.6 Å². The van der Waals surface area contributed by atoms with E-state index in [4.69, 9.17) is 11.6 Å². The highest BCUT2D eigenvalue weighted by molar-refractivity contribution is 6.30. The maximum absolute atomic E-state index is 10.0. The van der Waals surface area contributed by atoms with Gasteiger partial charge in [0.1, 0.15) is 0 Å². The molecule has 0 fully saturated rings. The van der Waals surface area contributed by atoms with Crippen molar-refractivity contribution in [2.45, 2.75) is 12.5 Å². The van der Waals surface area contributed by atoms with Gasteiger partial charge >= 0.3 is 0 Å². The lowest BCUT2D eigenvalue weighted by atomic mass is 10.1. The third kappa shape index (κ3) is 4.67. The number of hydrogen-bond acceptors (Lipinski definition) is 2. The molecule has 0 aliphatic carbocycles. The van der Waals surface area contributed by atoms with Crippen LogP contribution in [0.3, 0.4) is 0 Å². The van der Waals surface area contributed by atoms with Gasteiger partial charge < -0.3 is 10.4 Å². The Balaban J connectivity index is 1.74. The monoisotopic (exact) mass is 275 g/mol. The Bertz CT molecular complexity index is 501. The second-order valence-corrected chi connectivity index (χ2v) is 4.95. The Hall–Kier alpha value is -1.35. The van der Waals surface area contributed by atoms with Crippen LogP contribution in [0.2, 0.25) is 5.02 Å². The summed E-state index contributed by atoms with van der Waals surface area (Å²) in [5.41, 5.74) is 2.15. The van der Waals surface area contributed by atoms with Crippen molar-refractivity contribution in [2.24, 2.45) is 0 Å². The van der Waals surface area contributed by atoms with Crippen molar-refractivity contribution < 1.29 is 5.11 Å². The molecule has 0 amide bonds. The van der Waals surface area contributed by atoms with Crippen LogP contribution in [-0.2, 0) is 6.42 Å². The summed E-state index contributed by atoms with van der Waals surface area (Å²) >= 11 is 5.90. The topological polar surface area (TPSA) is 32.3 Å². The molecular formula is C16H18ClNO. The zero-order valence-electron chi connectivity index (χ0n) is 10.7. The SMILES string of the molecule is O[C@@H](CNCCc1ccccc1)c1cccc(Cl)c1. The van der Waals surface area contributed by atoms with E-state index in [-0.39, 0.29) is 0 Å². The molecule has 0 radical (unpaired) electrons. The maximum Gasteiger partial charge on any atom is 0.0914 e. The van der Waals surface area contributed by atoms with E-state index in [1.54, 1.807) is 12.1 Å². The molecule has 0 unspecified atom stereocenters. The molecule has 0 aliphatic heterocycles. The number of aliphatic hydroxyl groups excluding tert-OH is 1. The first-order chi connectivity index (χ1) is 9.25. The molecule has 0 aromatic heterocycles. The van der Waals surface area contributed by atoms with Crippen LogP contribution in [0.25, 0.3) is 0 Å². The minimum atomic E-state index is -0.519. The van der Waals surface area contributed by atoms with Crippen LogP contribution in [-0.4, -0.2) is 18.2 Å². The number of nitrogens with one attached hydrogen (secondary N) is 1. The van der Waals surface area contributed by atoms with E-state index in [1.807, 2.05) is 30.3 Å². The van der Waals surface area contributed by atoms with Crippen LogP contribution in [0.1, 0.15) is 17.2 Å². The summed E-state index contributed by atoms with van der Waals surface area (Å²) in [7, 11) is 0. The van der Waals surface area contributed by atoms with Crippen molar-refractivity contribution in [1.82, 2.24) is 5.32 Å². The third-order valence-corrected chi connectivity index (χ3v) is 3.24. The predicted molar refractivity (Wildman–Crippen MR) is 79.4 cm³/mol. The molecule has 0 bridgehead atoms. The van der Waals surface area contributed by atoms with Crippen LogP contribution in [0.5, 0.6) is 0 Å². The first-order valence-corrected chi connectivity index (χ1v) is 6.81. The van der Waals surface area contributed by atoms with Gasteiger partial charge in [0.15, 0.2) is 0 Å². The number of halogens is 1. The summed E-state index contributed by atoms with van der Waals surface area (Å²) < 4.78 is 0. The average molecular weight is 276 g/mol. The van der Waals surface area contributed by atoms with E-state index in [1.165, 1.54) is 5.56 Å². The largest absolute Gasteiger partial charge is 0.387 e. The molecule has 2 N–H and O–H groups in total. The highest BCUT2D eigenvalue weighted by Gasteiger charge is 2.06. The van der Waals surface area contributed by atoms with Gasteiger partial charge in [0.05, 0.1) is 6.10 Å². The predicted octanol–water partition coefficient (Wildman–Crippen LogP) is 3.21. The van der Waals surface area contributed by atoms with Crippen molar-refractivity contribution in [3.8, 4) is 0 Å². The summed E-state index contributed by atoms with van der Waals surface area (Å²) in [6, 6.07) is 17.6. The van der Waals surface area contributed by atoms with Crippen LogP contribution in [0, 0.1) is 0 Å². The highest BCUT2D eigenvalue weighted by Crippen LogP contribution is 2.16. The lowest BCUT2D eigenvalue weighted by Crippen LogP contribution is -2.23. The molecule has 1 atom stereocenters. The smallest absolute Gasteiger partial charge is 0.0914 e. The van der Waals surface area contributed by atoms with Crippen molar-refractivity contribution in [3.05, 3.63) is 70.7 Å². The summed E-state index contributed by atoms with van der Waals surface area (Å²) in [5.74, 6) is 0. The van der Waals surface area contributed by atoms with Crippen LogP contribution >= 0.6 is 11.6 Å². The molecule has 2 aromatic rings. The van der Waals surface area contributed by atoms with Crippen molar-refractivity contribution in [3.63, 3.8) is 0 Å². The Labute approximate surface area is 119 Å². The van der Waals surface area contributed by atoms with E-state index < -0.39 is 6.10 Å². The molecule has 2 aromatic carbocycles. The van der Waals surface area contributed by atoms with Gasteiger partial charge in [-0.1, -0.05) is 54.1 Å². The molecule has 19 heavy (non-hydrogen) atoms. The van der Waals surface area contributed by atoms with Crippen LogP contribution in [0.15, 0.2) is 54.6 Å². The molecule has 3 heteroatoms. The molecule has 2 nitrogen and oxygen atoms in total. The molecular weight excluding hydrogens is 258 g/mol. The molecule has 0 heterocycles. The molecule has 2 rings (SSSR count). The molecule has 0 spiro atoms. The Morgan fingerprint density at radius 2 is 1.84 bits per heavy atom. The lowest BCUT2D eigenvalue weighted by molar-refractivity contribution is 0.175. The fourth-order valence-corrected chi connectivity index (χ4v) is 2.15. The minimum Gasteiger partial charge on any atom is -0.387 e. The quantitative estimate of drug-likeness (QED) is 0.794. The van der Waals surface area contributed by atoms with Crippen molar-refractivity contribution in [2.75, 3.05) is 13.1 Å². The second-order valence-electron chi connectivity index (χ2n) is 4.51. The van der Waals surface area contributed by atoms with E-state index in [0.717, 1.165) is 18.5 Å². The van der Waals surface area contributed by atoms with Gasteiger partial charge in [-0.2, -0.15) is 0 Å². The van der Waals surface area contributed by atoms with Gasteiger partial charge in [0.2, 0.25) is 0 Å². The second kappa shape index (κ2) is 7.29. The normalized spacial score (nSPS) is 12.3. The summed E-state index contributed by atoms with van der Waals surface area (Å²) in [6.07, 6.45) is 0.442. The number of hydrogen-bond donors (Lipinski definition) is 2. The molecule has 0 aliphatic rings. The maximum atomic E-state index is 10.0. The zero-order valence-corrected chi connectivity index (χ0v) is 11.5.